The van der Waals surface area contributed by atoms with E-state index in [0.717, 1.165) is 31.2 Å². The first-order valence-electron chi connectivity index (χ1n) is 6.91. The molecule has 1 aromatic rings. The van der Waals surface area contributed by atoms with E-state index in [-0.39, 0.29) is 5.78 Å². The molecular weight excluding hydrogens is 244 g/mol. The number of halogens is 1. The van der Waals surface area contributed by atoms with E-state index in [1.807, 2.05) is 0 Å². The lowest BCUT2D eigenvalue weighted by atomic mass is 9.90. The Bertz CT molecular complexity index is 385. The zero-order chi connectivity index (χ0) is 13.5. The summed E-state index contributed by atoms with van der Waals surface area (Å²) in [6.45, 7) is 6.39. The normalized spacial score (nSPS) is 10.7. The highest BCUT2D eigenvalue weighted by Gasteiger charge is 2.15. The van der Waals surface area contributed by atoms with Gasteiger partial charge in [0.05, 0.1) is 0 Å². The number of carbonyl (C=O) groups is 1. The minimum atomic E-state index is 0.256. The minimum Gasteiger partial charge on any atom is -0.294 e. The van der Waals surface area contributed by atoms with Gasteiger partial charge in [-0.15, -0.1) is 11.6 Å². The quantitative estimate of drug-likeness (QED) is 0.522. The van der Waals surface area contributed by atoms with Gasteiger partial charge in [0.25, 0.3) is 0 Å². The largest absolute Gasteiger partial charge is 0.294 e. The molecule has 0 atom stereocenters. The van der Waals surface area contributed by atoms with Gasteiger partial charge in [-0.2, -0.15) is 0 Å². The highest BCUT2D eigenvalue weighted by Crippen LogP contribution is 2.22. The maximum Gasteiger partial charge on any atom is 0.163 e. The molecule has 0 aromatic heterocycles. The third-order valence-corrected chi connectivity index (χ3v) is 3.62. The van der Waals surface area contributed by atoms with Gasteiger partial charge in [0.2, 0.25) is 0 Å². The van der Waals surface area contributed by atoms with Crippen molar-refractivity contribution in [3.8, 4) is 0 Å². The SMILES string of the molecule is CCc1cc(CC)c(C(=O)CCCCl)c(CC)c1. The summed E-state index contributed by atoms with van der Waals surface area (Å²) in [6, 6.07) is 4.38. The van der Waals surface area contributed by atoms with E-state index in [0.29, 0.717) is 12.3 Å². The highest BCUT2D eigenvalue weighted by atomic mass is 35.5. The van der Waals surface area contributed by atoms with Gasteiger partial charge in [0, 0.05) is 17.9 Å². The van der Waals surface area contributed by atoms with Crippen LogP contribution in [0.2, 0.25) is 0 Å². The summed E-state index contributed by atoms with van der Waals surface area (Å²) in [5.41, 5.74) is 4.69. The van der Waals surface area contributed by atoms with Gasteiger partial charge >= 0.3 is 0 Å². The van der Waals surface area contributed by atoms with Crippen molar-refractivity contribution >= 4 is 17.4 Å². The van der Waals surface area contributed by atoms with Crippen LogP contribution in [0.25, 0.3) is 0 Å². The first-order chi connectivity index (χ1) is 8.67. The van der Waals surface area contributed by atoms with Crippen molar-refractivity contribution in [1.82, 2.24) is 0 Å². The summed E-state index contributed by atoms with van der Waals surface area (Å²) in [5.74, 6) is 0.814. The third-order valence-electron chi connectivity index (χ3n) is 3.35. The molecule has 0 amide bonds. The number of hydrogen-bond donors (Lipinski definition) is 0. The van der Waals surface area contributed by atoms with Crippen LogP contribution in [0, 0.1) is 0 Å². The second-order valence-corrected chi connectivity index (χ2v) is 4.94. The lowest BCUT2D eigenvalue weighted by molar-refractivity contribution is 0.0980. The van der Waals surface area contributed by atoms with Crippen LogP contribution < -0.4 is 0 Å². The van der Waals surface area contributed by atoms with Crippen molar-refractivity contribution in [2.24, 2.45) is 0 Å². The second kappa shape index (κ2) is 7.58. The molecule has 0 saturated heterocycles. The van der Waals surface area contributed by atoms with E-state index in [2.05, 4.69) is 32.9 Å². The molecule has 0 aliphatic heterocycles. The minimum absolute atomic E-state index is 0.256. The third kappa shape index (κ3) is 3.58. The van der Waals surface area contributed by atoms with E-state index in [4.69, 9.17) is 11.6 Å². The molecule has 1 nitrogen and oxygen atoms in total. The van der Waals surface area contributed by atoms with E-state index < -0.39 is 0 Å². The van der Waals surface area contributed by atoms with Gasteiger partial charge in [-0.1, -0.05) is 32.9 Å². The van der Waals surface area contributed by atoms with Crippen LogP contribution in [0.15, 0.2) is 12.1 Å². The fraction of sp³-hybridized carbons (Fsp3) is 0.562. The monoisotopic (exact) mass is 266 g/mol. The Balaban J connectivity index is 3.18. The number of aryl methyl sites for hydroxylation is 3. The maximum absolute atomic E-state index is 12.3. The molecule has 0 aliphatic rings. The molecule has 18 heavy (non-hydrogen) atoms. The van der Waals surface area contributed by atoms with E-state index >= 15 is 0 Å². The topological polar surface area (TPSA) is 17.1 Å². The smallest absolute Gasteiger partial charge is 0.163 e. The van der Waals surface area contributed by atoms with Crippen LogP contribution in [0.1, 0.15) is 60.7 Å². The molecule has 1 aromatic carbocycles. The van der Waals surface area contributed by atoms with Crippen LogP contribution in [-0.4, -0.2) is 11.7 Å². The first-order valence-corrected chi connectivity index (χ1v) is 7.45. The van der Waals surface area contributed by atoms with Crippen molar-refractivity contribution < 1.29 is 4.79 Å². The molecule has 0 spiro atoms. The Morgan fingerprint density at radius 1 is 1.06 bits per heavy atom. The average Bonchev–Trinajstić information content (AvgIpc) is 2.42. The van der Waals surface area contributed by atoms with Crippen LogP contribution in [0.3, 0.4) is 0 Å². The van der Waals surface area contributed by atoms with Gasteiger partial charge in [-0.05, 0) is 42.4 Å². The second-order valence-electron chi connectivity index (χ2n) is 4.57. The predicted molar refractivity (Wildman–Crippen MR) is 78.9 cm³/mol. The number of alkyl halides is 1. The summed E-state index contributed by atoms with van der Waals surface area (Å²) in [7, 11) is 0. The zero-order valence-corrected chi connectivity index (χ0v) is 12.4. The molecule has 0 aliphatic carbocycles. The summed E-state index contributed by atoms with van der Waals surface area (Å²) in [6.07, 6.45) is 4.19. The summed E-state index contributed by atoms with van der Waals surface area (Å²) >= 11 is 5.68. The van der Waals surface area contributed by atoms with Crippen LogP contribution >= 0.6 is 11.6 Å². The van der Waals surface area contributed by atoms with Crippen LogP contribution in [0.4, 0.5) is 0 Å². The molecule has 0 fully saturated rings. The Morgan fingerprint density at radius 3 is 2.00 bits per heavy atom. The molecule has 0 radical (unpaired) electrons. The number of benzene rings is 1. The molecule has 2 heteroatoms. The Labute approximate surface area is 116 Å². The fourth-order valence-corrected chi connectivity index (χ4v) is 2.45. The van der Waals surface area contributed by atoms with Crippen molar-refractivity contribution in [3.05, 3.63) is 34.4 Å². The van der Waals surface area contributed by atoms with Crippen molar-refractivity contribution in [2.45, 2.75) is 52.9 Å². The Kier molecular flexibility index (Phi) is 6.42. The molecule has 0 unspecified atom stereocenters. The van der Waals surface area contributed by atoms with Crippen LogP contribution in [-0.2, 0) is 19.3 Å². The molecule has 100 valence electrons. The summed E-state index contributed by atoms with van der Waals surface area (Å²) < 4.78 is 0. The molecule has 0 bridgehead atoms. The molecule has 1 rings (SSSR count). The van der Waals surface area contributed by atoms with Gasteiger partial charge in [-0.3, -0.25) is 4.79 Å². The lowest BCUT2D eigenvalue weighted by Crippen LogP contribution is -2.09. The number of rotatable bonds is 7. The van der Waals surface area contributed by atoms with E-state index in [1.54, 1.807) is 0 Å². The van der Waals surface area contributed by atoms with Gasteiger partial charge in [0.1, 0.15) is 0 Å². The number of hydrogen-bond acceptors (Lipinski definition) is 1. The van der Waals surface area contributed by atoms with Crippen molar-refractivity contribution in [3.63, 3.8) is 0 Å². The van der Waals surface area contributed by atoms with Crippen LogP contribution in [0.5, 0.6) is 0 Å². The standard InChI is InChI=1S/C16H23ClO/c1-4-12-10-13(5-2)16(14(6-3)11-12)15(18)8-7-9-17/h10-11H,4-9H2,1-3H3. The Morgan fingerprint density at radius 2 is 1.61 bits per heavy atom. The highest BCUT2D eigenvalue weighted by molar-refractivity contribution is 6.18. The van der Waals surface area contributed by atoms with Gasteiger partial charge in [-0.25, -0.2) is 0 Å². The number of carbonyl (C=O) groups excluding carboxylic acids is 1. The summed E-state index contributed by atoms with van der Waals surface area (Å²) in [5, 5.41) is 0. The molecule has 0 saturated carbocycles. The lowest BCUT2D eigenvalue weighted by Gasteiger charge is -2.14. The molecule has 0 N–H and O–H groups in total. The predicted octanol–water partition coefficient (Wildman–Crippen LogP) is 4.58. The number of ketones is 1. The van der Waals surface area contributed by atoms with Crippen molar-refractivity contribution in [1.29, 1.82) is 0 Å². The summed E-state index contributed by atoms with van der Waals surface area (Å²) in [4.78, 5) is 12.3. The molecule has 0 heterocycles. The zero-order valence-electron chi connectivity index (χ0n) is 11.7. The number of Topliss-reactive ketones (excluding diaryl/α,β-unsaturated/α-hetero) is 1. The van der Waals surface area contributed by atoms with Gasteiger partial charge < -0.3 is 0 Å². The fourth-order valence-electron chi connectivity index (χ4n) is 2.31. The van der Waals surface area contributed by atoms with E-state index in [9.17, 15) is 4.79 Å². The average molecular weight is 267 g/mol. The van der Waals surface area contributed by atoms with Crippen molar-refractivity contribution in [2.75, 3.05) is 5.88 Å². The van der Waals surface area contributed by atoms with E-state index in [1.165, 1.54) is 16.7 Å². The first kappa shape index (κ1) is 15.2. The maximum atomic E-state index is 12.3. The molecular formula is C16H23ClO. The van der Waals surface area contributed by atoms with Gasteiger partial charge in [0.15, 0.2) is 5.78 Å². The Hall–Kier alpha value is -0.820.